The van der Waals surface area contributed by atoms with E-state index in [1.54, 1.807) is 6.07 Å². The number of aromatic hydroxyl groups is 1. The fourth-order valence-electron chi connectivity index (χ4n) is 1.26. The van der Waals surface area contributed by atoms with E-state index >= 15 is 0 Å². The van der Waals surface area contributed by atoms with Gasteiger partial charge in [0.2, 0.25) is 0 Å². The van der Waals surface area contributed by atoms with Crippen molar-refractivity contribution in [1.82, 2.24) is 0 Å². The van der Waals surface area contributed by atoms with Crippen LogP contribution in [0.25, 0.3) is 0 Å². The van der Waals surface area contributed by atoms with Crippen LogP contribution in [0.15, 0.2) is 18.2 Å². The van der Waals surface area contributed by atoms with Gasteiger partial charge in [0, 0.05) is 6.42 Å². The third-order valence-electron chi connectivity index (χ3n) is 2.01. The maximum Gasteiger partial charge on any atom is 0.120 e. The van der Waals surface area contributed by atoms with Crippen LogP contribution in [0.5, 0.6) is 5.75 Å². The average molecular weight is 178 g/mol. The number of unbranched alkanes of at least 4 members (excludes halogenated alkanes) is 1. The standard InChI is InChI=1S/C11H14O2/c1-9-5-6-10(11(13)8-9)4-2-3-7-12/h5-8,13H,2-4H2,1H3. The molecule has 0 bridgehead atoms. The molecule has 1 aromatic carbocycles. The Morgan fingerprint density at radius 1 is 1.46 bits per heavy atom. The fourth-order valence-corrected chi connectivity index (χ4v) is 1.26. The second kappa shape index (κ2) is 4.65. The van der Waals surface area contributed by atoms with Gasteiger partial charge in [-0.05, 0) is 37.0 Å². The van der Waals surface area contributed by atoms with Crippen molar-refractivity contribution in [3.8, 4) is 5.75 Å². The summed E-state index contributed by atoms with van der Waals surface area (Å²) in [7, 11) is 0. The largest absolute Gasteiger partial charge is 0.508 e. The highest BCUT2D eigenvalue weighted by atomic mass is 16.3. The Balaban J connectivity index is 2.61. The SMILES string of the molecule is Cc1ccc(CCCC=O)c(O)c1. The quantitative estimate of drug-likeness (QED) is 0.567. The Morgan fingerprint density at radius 3 is 2.85 bits per heavy atom. The van der Waals surface area contributed by atoms with E-state index in [4.69, 9.17) is 0 Å². The van der Waals surface area contributed by atoms with E-state index in [1.807, 2.05) is 19.1 Å². The van der Waals surface area contributed by atoms with Gasteiger partial charge in [-0.3, -0.25) is 0 Å². The summed E-state index contributed by atoms with van der Waals surface area (Å²) < 4.78 is 0. The third kappa shape index (κ3) is 2.90. The molecule has 2 heteroatoms. The summed E-state index contributed by atoms with van der Waals surface area (Å²) in [6, 6.07) is 5.63. The molecule has 0 amide bonds. The molecule has 0 spiro atoms. The molecular weight excluding hydrogens is 164 g/mol. The summed E-state index contributed by atoms with van der Waals surface area (Å²) in [5.41, 5.74) is 1.98. The van der Waals surface area contributed by atoms with Gasteiger partial charge in [0.1, 0.15) is 12.0 Å². The Bertz CT molecular complexity index is 292. The number of aryl methyl sites for hydroxylation is 2. The van der Waals surface area contributed by atoms with Crippen molar-refractivity contribution in [2.24, 2.45) is 0 Å². The highest BCUT2D eigenvalue weighted by molar-refractivity contribution is 5.49. The van der Waals surface area contributed by atoms with Gasteiger partial charge < -0.3 is 9.90 Å². The lowest BCUT2D eigenvalue weighted by Crippen LogP contribution is -1.87. The molecule has 1 rings (SSSR count). The minimum atomic E-state index is 0.339. The summed E-state index contributed by atoms with van der Waals surface area (Å²) in [5, 5.41) is 9.50. The molecule has 0 fully saturated rings. The van der Waals surface area contributed by atoms with Crippen molar-refractivity contribution in [3.05, 3.63) is 29.3 Å². The summed E-state index contributed by atoms with van der Waals surface area (Å²) in [4.78, 5) is 10.1. The molecule has 0 unspecified atom stereocenters. The molecule has 0 aromatic heterocycles. The molecule has 0 saturated carbocycles. The van der Waals surface area contributed by atoms with Crippen LogP contribution in [0, 0.1) is 6.92 Å². The minimum absolute atomic E-state index is 0.339. The first-order chi connectivity index (χ1) is 6.24. The second-order valence-electron chi connectivity index (χ2n) is 3.19. The van der Waals surface area contributed by atoms with Crippen LogP contribution >= 0.6 is 0 Å². The molecule has 1 aromatic rings. The van der Waals surface area contributed by atoms with E-state index in [2.05, 4.69) is 0 Å². The van der Waals surface area contributed by atoms with Crippen molar-refractivity contribution >= 4 is 6.29 Å². The Morgan fingerprint density at radius 2 is 2.23 bits per heavy atom. The number of benzene rings is 1. The van der Waals surface area contributed by atoms with Crippen molar-refractivity contribution in [2.45, 2.75) is 26.2 Å². The van der Waals surface area contributed by atoms with Crippen LogP contribution in [0.4, 0.5) is 0 Å². The molecule has 13 heavy (non-hydrogen) atoms. The maximum atomic E-state index is 10.1. The van der Waals surface area contributed by atoms with Crippen LogP contribution in [0.3, 0.4) is 0 Å². The minimum Gasteiger partial charge on any atom is -0.508 e. The number of carbonyl (C=O) groups excluding carboxylic acids is 1. The van der Waals surface area contributed by atoms with E-state index < -0.39 is 0 Å². The highest BCUT2D eigenvalue weighted by Crippen LogP contribution is 2.19. The third-order valence-corrected chi connectivity index (χ3v) is 2.01. The number of carbonyl (C=O) groups is 1. The molecule has 0 heterocycles. The predicted molar refractivity (Wildman–Crippen MR) is 51.8 cm³/mol. The molecule has 0 saturated heterocycles. The number of aldehydes is 1. The van der Waals surface area contributed by atoms with Crippen molar-refractivity contribution < 1.29 is 9.90 Å². The van der Waals surface area contributed by atoms with Gasteiger partial charge in [0.05, 0.1) is 0 Å². The maximum absolute atomic E-state index is 10.1. The van der Waals surface area contributed by atoms with Crippen molar-refractivity contribution in [1.29, 1.82) is 0 Å². The zero-order valence-corrected chi connectivity index (χ0v) is 7.79. The fraction of sp³-hybridized carbons (Fsp3) is 0.364. The highest BCUT2D eigenvalue weighted by Gasteiger charge is 1.99. The number of hydrogen-bond donors (Lipinski definition) is 1. The molecule has 0 aliphatic carbocycles. The average Bonchev–Trinajstić information content (AvgIpc) is 2.09. The van der Waals surface area contributed by atoms with Gasteiger partial charge in [0.15, 0.2) is 0 Å². The molecule has 1 N–H and O–H groups in total. The molecule has 0 aliphatic rings. The van der Waals surface area contributed by atoms with E-state index in [1.165, 1.54) is 0 Å². The number of rotatable bonds is 4. The van der Waals surface area contributed by atoms with Crippen LogP contribution in [0.1, 0.15) is 24.0 Å². The molecule has 0 radical (unpaired) electrons. The van der Waals surface area contributed by atoms with Gasteiger partial charge in [-0.1, -0.05) is 12.1 Å². The Labute approximate surface area is 78.2 Å². The monoisotopic (exact) mass is 178 g/mol. The zero-order valence-electron chi connectivity index (χ0n) is 7.79. The second-order valence-corrected chi connectivity index (χ2v) is 3.19. The normalized spacial score (nSPS) is 9.92. The van der Waals surface area contributed by atoms with Gasteiger partial charge in [0.25, 0.3) is 0 Å². The van der Waals surface area contributed by atoms with Crippen molar-refractivity contribution in [3.63, 3.8) is 0 Å². The first-order valence-electron chi connectivity index (χ1n) is 4.46. The Hall–Kier alpha value is -1.31. The van der Waals surface area contributed by atoms with Crippen molar-refractivity contribution in [2.75, 3.05) is 0 Å². The molecule has 0 aliphatic heterocycles. The first kappa shape index (κ1) is 9.78. The summed E-state index contributed by atoms with van der Waals surface area (Å²) in [5.74, 6) is 0.339. The van der Waals surface area contributed by atoms with Gasteiger partial charge in [-0.25, -0.2) is 0 Å². The summed E-state index contributed by atoms with van der Waals surface area (Å²) >= 11 is 0. The summed E-state index contributed by atoms with van der Waals surface area (Å²) in [6.07, 6.45) is 3.05. The van der Waals surface area contributed by atoms with E-state index in [-0.39, 0.29) is 0 Å². The lowest BCUT2D eigenvalue weighted by atomic mass is 10.1. The van der Waals surface area contributed by atoms with Crippen LogP contribution < -0.4 is 0 Å². The van der Waals surface area contributed by atoms with Crippen LogP contribution in [-0.2, 0) is 11.2 Å². The van der Waals surface area contributed by atoms with Gasteiger partial charge >= 0.3 is 0 Å². The van der Waals surface area contributed by atoms with E-state index in [0.717, 1.165) is 30.3 Å². The molecule has 0 atom stereocenters. The smallest absolute Gasteiger partial charge is 0.120 e. The molecule has 2 nitrogen and oxygen atoms in total. The summed E-state index contributed by atoms with van der Waals surface area (Å²) in [6.45, 7) is 1.94. The number of phenolic OH excluding ortho intramolecular Hbond substituents is 1. The molecular formula is C11H14O2. The topological polar surface area (TPSA) is 37.3 Å². The Kier molecular flexibility index (Phi) is 3.50. The van der Waals surface area contributed by atoms with E-state index in [9.17, 15) is 9.90 Å². The lowest BCUT2D eigenvalue weighted by molar-refractivity contribution is -0.107. The number of phenols is 1. The first-order valence-corrected chi connectivity index (χ1v) is 4.46. The van der Waals surface area contributed by atoms with Crippen LogP contribution in [0.2, 0.25) is 0 Å². The van der Waals surface area contributed by atoms with Gasteiger partial charge in [-0.15, -0.1) is 0 Å². The number of hydrogen-bond acceptors (Lipinski definition) is 2. The lowest BCUT2D eigenvalue weighted by Gasteiger charge is -2.03. The predicted octanol–water partition coefficient (Wildman–Crippen LogP) is 2.22. The molecule has 70 valence electrons. The zero-order chi connectivity index (χ0) is 9.68. The van der Waals surface area contributed by atoms with Gasteiger partial charge in [-0.2, -0.15) is 0 Å². The van der Waals surface area contributed by atoms with E-state index in [0.29, 0.717) is 12.2 Å². The van der Waals surface area contributed by atoms with Crippen LogP contribution in [-0.4, -0.2) is 11.4 Å².